The average molecular weight is 247 g/mol. The lowest BCUT2D eigenvalue weighted by atomic mass is 10.2. The molecule has 100 valence electrons. The zero-order chi connectivity index (χ0) is 13.3. The molecule has 0 aliphatic carbocycles. The van der Waals surface area contributed by atoms with Crippen LogP contribution in [0.3, 0.4) is 0 Å². The number of hydrogen-bond acceptors (Lipinski definition) is 4. The van der Waals surface area contributed by atoms with Crippen molar-refractivity contribution < 1.29 is 24.2 Å². The van der Waals surface area contributed by atoms with E-state index in [2.05, 4.69) is 0 Å². The van der Waals surface area contributed by atoms with Gasteiger partial charge in [-0.25, -0.2) is 4.79 Å². The minimum absolute atomic E-state index is 0.0890. The van der Waals surface area contributed by atoms with E-state index in [0.717, 1.165) is 6.42 Å². The number of rotatable bonds is 9. The lowest BCUT2D eigenvalue weighted by Gasteiger charge is -2.28. The Morgan fingerprint density at radius 3 is 2.47 bits per heavy atom. The van der Waals surface area contributed by atoms with E-state index >= 15 is 0 Å². The van der Waals surface area contributed by atoms with E-state index in [9.17, 15) is 9.59 Å². The molecule has 0 rings (SSSR count). The van der Waals surface area contributed by atoms with Gasteiger partial charge in [-0.3, -0.25) is 4.79 Å². The highest BCUT2D eigenvalue weighted by Gasteiger charge is 2.18. The molecule has 0 aromatic rings. The van der Waals surface area contributed by atoms with Crippen LogP contribution in [-0.2, 0) is 19.1 Å². The molecule has 1 amide bonds. The first kappa shape index (κ1) is 15.9. The predicted molar refractivity (Wildman–Crippen MR) is 61.8 cm³/mol. The maximum Gasteiger partial charge on any atom is 0.329 e. The number of methoxy groups -OCH3 is 1. The lowest BCUT2D eigenvalue weighted by molar-refractivity contribution is -0.146. The molecule has 1 N–H and O–H groups in total. The molecule has 0 aliphatic rings. The molecule has 0 bridgehead atoms. The SMILES string of the molecule is CCC(C)N(CCOC)C(=O)COCC(=O)O. The second-order valence-corrected chi connectivity index (χ2v) is 3.72. The molecule has 0 fully saturated rings. The fourth-order valence-corrected chi connectivity index (χ4v) is 1.31. The summed E-state index contributed by atoms with van der Waals surface area (Å²) in [6.07, 6.45) is 0.828. The van der Waals surface area contributed by atoms with Gasteiger partial charge in [0.05, 0.1) is 6.61 Å². The van der Waals surface area contributed by atoms with Crippen molar-refractivity contribution in [1.82, 2.24) is 4.90 Å². The van der Waals surface area contributed by atoms with Crippen LogP contribution in [0, 0.1) is 0 Å². The van der Waals surface area contributed by atoms with Crippen LogP contribution in [0.1, 0.15) is 20.3 Å². The van der Waals surface area contributed by atoms with Crippen molar-refractivity contribution in [2.75, 3.05) is 33.5 Å². The van der Waals surface area contributed by atoms with Crippen molar-refractivity contribution in [2.24, 2.45) is 0 Å². The summed E-state index contributed by atoms with van der Waals surface area (Å²) in [5, 5.41) is 8.39. The largest absolute Gasteiger partial charge is 0.480 e. The first-order chi connectivity index (χ1) is 8.02. The topological polar surface area (TPSA) is 76.1 Å². The van der Waals surface area contributed by atoms with Crippen molar-refractivity contribution in [2.45, 2.75) is 26.3 Å². The van der Waals surface area contributed by atoms with Crippen molar-refractivity contribution >= 4 is 11.9 Å². The van der Waals surface area contributed by atoms with Gasteiger partial charge in [0.25, 0.3) is 0 Å². The smallest absolute Gasteiger partial charge is 0.329 e. The first-order valence-electron chi connectivity index (χ1n) is 5.60. The molecule has 0 spiro atoms. The van der Waals surface area contributed by atoms with Crippen LogP contribution >= 0.6 is 0 Å². The van der Waals surface area contributed by atoms with E-state index < -0.39 is 12.6 Å². The minimum atomic E-state index is -1.08. The number of amides is 1. The summed E-state index contributed by atoms with van der Waals surface area (Å²) >= 11 is 0. The molecular weight excluding hydrogens is 226 g/mol. The Kier molecular flexibility index (Phi) is 8.35. The van der Waals surface area contributed by atoms with Crippen LogP contribution in [-0.4, -0.2) is 61.4 Å². The number of aliphatic carboxylic acids is 1. The van der Waals surface area contributed by atoms with E-state index in [1.54, 1.807) is 12.0 Å². The maximum atomic E-state index is 11.8. The summed E-state index contributed by atoms with van der Waals surface area (Å²) in [6.45, 7) is 4.20. The molecule has 0 aromatic heterocycles. The molecule has 6 heteroatoms. The Balaban J connectivity index is 4.16. The zero-order valence-corrected chi connectivity index (χ0v) is 10.6. The van der Waals surface area contributed by atoms with Crippen LogP contribution in [0.4, 0.5) is 0 Å². The molecular formula is C11H21NO5. The van der Waals surface area contributed by atoms with E-state index in [0.29, 0.717) is 13.2 Å². The summed E-state index contributed by atoms with van der Waals surface area (Å²) in [4.78, 5) is 23.7. The summed E-state index contributed by atoms with van der Waals surface area (Å²) in [5.74, 6) is -1.29. The maximum absolute atomic E-state index is 11.8. The highest BCUT2D eigenvalue weighted by atomic mass is 16.5. The van der Waals surface area contributed by atoms with Gasteiger partial charge in [0.1, 0.15) is 13.2 Å². The Morgan fingerprint density at radius 1 is 1.35 bits per heavy atom. The van der Waals surface area contributed by atoms with E-state index in [-0.39, 0.29) is 18.6 Å². The Morgan fingerprint density at radius 2 is 2.00 bits per heavy atom. The molecule has 0 aromatic carbocycles. The molecule has 0 radical (unpaired) electrons. The van der Waals surface area contributed by atoms with Gasteiger partial charge in [-0.1, -0.05) is 6.92 Å². The molecule has 0 aliphatic heterocycles. The summed E-state index contributed by atoms with van der Waals surface area (Å²) < 4.78 is 9.71. The van der Waals surface area contributed by atoms with Crippen LogP contribution in [0.15, 0.2) is 0 Å². The third-order valence-corrected chi connectivity index (χ3v) is 2.43. The van der Waals surface area contributed by atoms with Gasteiger partial charge in [-0.15, -0.1) is 0 Å². The highest BCUT2D eigenvalue weighted by Crippen LogP contribution is 2.04. The van der Waals surface area contributed by atoms with Crippen molar-refractivity contribution in [3.8, 4) is 0 Å². The molecule has 17 heavy (non-hydrogen) atoms. The van der Waals surface area contributed by atoms with Gasteiger partial charge in [-0.2, -0.15) is 0 Å². The molecule has 6 nitrogen and oxygen atoms in total. The molecule has 1 atom stereocenters. The molecule has 1 unspecified atom stereocenters. The summed E-state index contributed by atoms with van der Waals surface area (Å²) in [7, 11) is 1.57. The van der Waals surface area contributed by atoms with Gasteiger partial charge < -0.3 is 19.5 Å². The van der Waals surface area contributed by atoms with Gasteiger partial charge in [0.15, 0.2) is 0 Å². The summed E-state index contributed by atoms with van der Waals surface area (Å²) in [5.41, 5.74) is 0. The van der Waals surface area contributed by atoms with Crippen LogP contribution in [0.25, 0.3) is 0 Å². The number of carbonyl (C=O) groups excluding carboxylic acids is 1. The molecule has 0 heterocycles. The first-order valence-corrected chi connectivity index (χ1v) is 5.60. The van der Waals surface area contributed by atoms with Crippen molar-refractivity contribution in [1.29, 1.82) is 0 Å². The quantitative estimate of drug-likeness (QED) is 0.636. The number of carboxylic acid groups (broad SMARTS) is 1. The zero-order valence-electron chi connectivity index (χ0n) is 10.6. The van der Waals surface area contributed by atoms with Crippen molar-refractivity contribution in [3.05, 3.63) is 0 Å². The van der Waals surface area contributed by atoms with Gasteiger partial charge in [0, 0.05) is 19.7 Å². The monoisotopic (exact) mass is 247 g/mol. The Bertz CT molecular complexity index is 244. The number of hydrogen-bond donors (Lipinski definition) is 1. The van der Waals surface area contributed by atoms with E-state index in [1.807, 2.05) is 13.8 Å². The standard InChI is InChI=1S/C11H21NO5/c1-4-9(2)12(5-6-16-3)10(13)7-17-8-11(14)15/h9H,4-8H2,1-3H3,(H,14,15). The number of carboxylic acids is 1. The Labute approximate surface area is 101 Å². The molecule has 0 saturated heterocycles. The van der Waals surface area contributed by atoms with E-state index in [4.69, 9.17) is 14.6 Å². The third-order valence-electron chi connectivity index (χ3n) is 2.43. The van der Waals surface area contributed by atoms with E-state index in [1.165, 1.54) is 0 Å². The lowest BCUT2D eigenvalue weighted by Crippen LogP contribution is -2.42. The second-order valence-electron chi connectivity index (χ2n) is 3.72. The number of nitrogens with zero attached hydrogens (tertiary/aromatic N) is 1. The fraction of sp³-hybridized carbons (Fsp3) is 0.818. The highest BCUT2D eigenvalue weighted by molar-refractivity contribution is 5.78. The number of carbonyl (C=O) groups is 2. The normalized spacial score (nSPS) is 12.2. The summed E-state index contributed by atoms with van der Waals surface area (Å²) in [6, 6.07) is 0.0890. The van der Waals surface area contributed by atoms with Crippen LogP contribution in [0.5, 0.6) is 0 Å². The average Bonchev–Trinajstić information content (AvgIpc) is 2.28. The third kappa shape index (κ3) is 6.91. The van der Waals surface area contributed by atoms with Gasteiger partial charge >= 0.3 is 5.97 Å². The van der Waals surface area contributed by atoms with Gasteiger partial charge in [0.2, 0.25) is 5.91 Å². The molecule has 0 saturated carbocycles. The van der Waals surface area contributed by atoms with Crippen LogP contribution < -0.4 is 0 Å². The Hall–Kier alpha value is -1.14. The predicted octanol–water partition coefficient (Wildman–Crippen LogP) is 0.361. The van der Waals surface area contributed by atoms with Crippen LogP contribution in [0.2, 0.25) is 0 Å². The number of ether oxygens (including phenoxy) is 2. The minimum Gasteiger partial charge on any atom is -0.480 e. The second kappa shape index (κ2) is 8.95. The van der Waals surface area contributed by atoms with Gasteiger partial charge in [-0.05, 0) is 13.3 Å². The van der Waals surface area contributed by atoms with Crippen molar-refractivity contribution in [3.63, 3.8) is 0 Å². The fourth-order valence-electron chi connectivity index (χ4n) is 1.31.